The molecule has 132 valence electrons. The van der Waals surface area contributed by atoms with Gasteiger partial charge in [0, 0.05) is 39.1 Å². The van der Waals surface area contributed by atoms with E-state index in [0.717, 1.165) is 13.0 Å². The minimum Gasteiger partial charge on any atom is -0.378 e. The van der Waals surface area contributed by atoms with Crippen LogP contribution in [0, 0.1) is 5.41 Å². The molecule has 1 unspecified atom stereocenters. The zero-order valence-corrected chi connectivity index (χ0v) is 14.2. The summed E-state index contributed by atoms with van der Waals surface area (Å²) in [6, 6.07) is 0. The number of hydrogen-bond donors (Lipinski definition) is 1. The number of hydrogen-bond acceptors (Lipinski definition) is 5. The Kier molecular flexibility index (Phi) is 6.64. The van der Waals surface area contributed by atoms with E-state index < -0.39 is 5.41 Å². The van der Waals surface area contributed by atoms with Crippen LogP contribution in [0.1, 0.15) is 12.8 Å². The molecule has 3 heterocycles. The second-order valence-electron chi connectivity index (χ2n) is 6.28. The molecule has 3 aliphatic heterocycles. The summed E-state index contributed by atoms with van der Waals surface area (Å²) >= 11 is 0. The highest BCUT2D eigenvalue weighted by Gasteiger charge is 2.46. The normalized spacial score (nSPS) is 28.3. The summed E-state index contributed by atoms with van der Waals surface area (Å²) in [6.45, 7) is 6.29. The average molecular weight is 348 g/mol. The van der Waals surface area contributed by atoms with Crippen LogP contribution in [0.15, 0.2) is 0 Å². The van der Waals surface area contributed by atoms with Gasteiger partial charge in [-0.1, -0.05) is 0 Å². The quantitative estimate of drug-likeness (QED) is 0.745. The van der Waals surface area contributed by atoms with Crippen LogP contribution in [-0.2, 0) is 19.1 Å². The zero-order chi connectivity index (χ0) is 15.4. The van der Waals surface area contributed by atoms with Crippen molar-refractivity contribution in [2.24, 2.45) is 5.41 Å². The third kappa shape index (κ3) is 4.15. The molecule has 0 aromatic heterocycles. The molecule has 0 spiro atoms. The van der Waals surface area contributed by atoms with E-state index >= 15 is 0 Å². The summed E-state index contributed by atoms with van der Waals surface area (Å²) in [4.78, 5) is 29.3. The Morgan fingerprint density at radius 1 is 0.957 bits per heavy atom. The minimum absolute atomic E-state index is 0. The van der Waals surface area contributed by atoms with Gasteiger partial charge in [0.1, 0.15) is 0 Å². The van der Waals surface area contributed by atoms with Crippen molar-refractivity contribution in [2.45, 2.75) is 12.8 Å². The van der Waals surface area contributed by atoms with Gasteiger partial charge in [-0.05, 0) is 13.0 Å². The Morgan fingerprint density at radius 2 is 1.52 bits per heavy atom. The SMILES string of the molecule is Cl.O=C(CC1(C(=O)N2CCOCC2)CCNC1)N1CCOCC1. The highest BCUT2D eigenvalue weighted by atomic mass is 35.5. The Balaban J connectivity index is 0.00000192. The van der Waals surface area contributed by atoms with Gasteiger partial charge in [-0.3, -0.25) is 9.59 Å². The maximum atomic E-state index is 13.0. The first-order valence-corrected chi connectivity index (χ1v) is 8.15. The molecule has 7 nitrogen and oxygen atoms in total. The minimum atomic E-state index is -0.577. The number of nitrogens with zero attached hydrogens (tertiary/aromatic N) is 2. The number of halogens is 1. The van der Waals surface area contributed by atoms with E-state index in [0.29, 0.717) is 65.6 Å². The monoisotopic (exact) mass is 347 g/mol. The number of amides is 2. The lowest BCUT2D eigenvalue weighted by Gasteiger charge is -2.37. The molecule has 8 heteroatoms. The molecule has 0 aromatic rings. The summed E-state index contributed by atoms with van der Waals surface area (Å²) < 4.78 is 10.6. The summed E-state index contributed by atoms with van der Waals surface area (Å²) in [5, 5.41) is 3.27. The van der Waals surface area contributed by atoms with E-state index in [4.69, 9.17) is 9.47 Å². The molecule has 23 heavy (non-hydrogen) atoms. The van der Waals surface area contributed by atoms with Crippen molar-refractivity contribution in [3.05, 3.63) is 0 Å². The predicted molar refractivity (Wildman–Crippen MR) is 86.6 cm³/mol. The predicted octanol–water partition coefficient (Wildman–Crippen LogP) is -0.504. The Labute approximate surface area is 143 Å². The summed E-state index contributed by atoms with van der Waals surface area (Å²) in [7, 11) is 0. The molecule has 3 saturated heterocycles. The van der Waals surface area contributed by atoms with Gasteiger partial charge in [0.05, 0.1) is 31.8 Å². The molecule has 3 rings (SSSR count). The molecule has 0 saturated carbocycles. The summed E-state index contributed by atoms with van der Waals surface area (Å²) in [5.74, 6) is 0.191. The van der Waals surface area contributed by atoms with Crippen molar-refractivity contribution in [2.75, 3.05) is 65.7 Å². The van der Waals surface area contributed by atoms with Gasteiger partial charge in [0.2, 0.25) is 11.8 Å². The maximum absolute atomic E-state index is 13.0. The molecular formula is C15H26ClN3O4. The number of nitrogens with one attached hydrogen (secondary N) is 1. The summed E-state index contributed by atoms with van der Waals surface area (Å²) in [6.07, 6.45) is 1.04. The van der Waals surface area contributed by atoms with Crippen molar-refractivity contribution >= 4 is 24.2 Å². The lowest BCUT2D eigenvalue weighted by Crippen LogP contribution is -2.52. The lowest BCUT2D eigenvalue weighted by atomic mass is 9.81. The van der Waals surface area contributed by atoms with Gasteiger partial charge in [-0.25, -0.2) is 0 Å². The largest absolute Gasteiger partial charge is 0.378 e. The van der Waals surface area contributed by atoms with Gasteiger partial charge < -0.3 is 24.6 Å². The van der Waals surface area contributed by atoms with E-state index in [1.807, 2.05) is 9.80 Å². The lowest BCUT2D eigenvalue weighted by molar-refractivity contribution is -0.151. The van der Waals surface area contributed by atoms with Crippen molar-refractivity contribution in [3.63, 3.8) is 0 Å². The molecule has 0 aliphatic carbocycles. The second kappa shape index (κ2) is 8.28. The van der Waals surface area contributed by atoms with Crippen LogP contribution < -0.4 is 5.32 Å². The van der Waals surface area contributed by atoms with Crippen LogP contribution >= 0.6 is 12.4 Å². The second-order valence-corrected chi connectivity index (χ2v) is 6.28. The van der Waals surface area contributed by atoms with Crippen molar-refractivity contribution < 1.29 is 19.1 Å². The fraction of sp³-hybridized carbons (Fsp3) is 0.867. The molecule has 0 aromatic carbocycles. The van der Waals surface area contributed by atoms with E-state index in [-0.39, 0.29) is 24.2 Å². The molecule has 2 amide bonds. The topological polar surface area (TPSA) is 71.1 Å². The molecule has 0 bridgehead atoms. The number of carbonyl (C=O) groups excluding carboxylic acids is 2. The number of carbonyl (C=O) groups is 2. The van der Waals surface area contributed by atoms with E-state index in [1.165, 1.54) is 0 Å². The molecule has 3 fully saturated rings. The first-order chi connectivity index (χ1) is 10.7. The molecular weight excluding hydrogens is 322 g/mol. The number of ether oxygens (including phenoxy) is 2. The van der Waals surface area contributed by atoms with E-state index in [9.17, 15) is 9.59 Å². The third-order valence-corrected chi connectivity index (χ3v) is 4.85. The fourth-order valence-electron chi connectivity index (χ4n) is 3.47. The van der Waals surface area contributed by atoms with Crippen LogP contribution in [0.5, 0.6) is 0 Å². The molecule has 1 N–H and O–H groups in total. The van der Waals surface area contributed by atoms with Crippen LogP contribution in [0.25, 0.3) is 0 Å². The molecule has 0 radical (unpaired) electrons. The van der Waals surface area contributed by atoms with Gasteiger partial charge in [0.25, 0.3) is 0 Å². The van der Waals surface area contributed by atoms with Crippen LogP contribution in [0.3, 0.4) is 0 Å². The fourth-order valence-corrected chi connectivity index (χ4v) is 3.47. The Hall–Kier alpha value is -0.890. The Morgan fingerprint density at radius 3 is 2.04 bits per heavy atom. The molecule has 3 aliphatic rings. The standard InChI is InChI=1S/C15H25N3O4.ClH/c19-13(17-3-7-21-8-4-17)11-15(1-2-16-12-15)14(20)18-5-9-22-10-6-18;/h16H,1-12H2;1H. The van der Waals surface area contributed by atoms with Crippen LogP contribution in [0.2, 0.25) is 0 Å². The van der Waals surface area contributed by atoms with Crippen LogP contribution in [-0.4, -0.2) is 87.3 Å². The van der Waals surface area contributed by atoms with Gasteiger partial charge in [0.15, 0.2) is 0 Å². The number of morpholine rings is 2. The highest BCUT2D eigenvalue weighted by Crippen LogP contribution is 2.33. The Bertz CT molecular complexity index is 417. The third-order valence-electron chi connectivity index (χ3n) is 4.85. The van der Waals surface area contributed by atoms with E-state index in [2.05, 4.69) is 5.32 Å². The van der Waals surface area contributed by atoms with Crippen LogP contribution in [0.4, 0.5) is 0 Å². The summed E-state index contributed by atoms with van der Waals surface area (Å²) in [5.41, 5.74) is -0.577. The number of rotatable bonds is 3. The zero-order valence-electron chi connectivity index (χ0n) is 13.4. The highest BCUT2D eigenvalue weighted by molar-refractivity contribution is 5.89. The average Bonchev–Trinajstić information content (AvgIpc) is 3.05. The van der Waals surface area contributed by atoms with Gasteiger partial charge >= 0.3 is 0 Å². The molecule has 1 atom stereocenters. The maximum Gasteiger partial charge on any atom is 0.230 e. The van der Waals surface area contributed by atoms with Crippen molar-refractivity contribution in [1.82, 2.24) is 15.1 Å². The first-order valence-electron chi connectivity index (χ1n) is 8.15. The first kappa shape index (κ1) is 18.4. The van der Waals surface area contributed by atoms with Gasteiger partial charge in [-0.2, -0.15) is 0 Å². The van der Waals surface area contributed by atoms with Crippen molar-refractivity contribution in [3.8, 4) is 0 Å². The smallest absolute Gasteiger partial charge is 0.230 e. The van der Waals surface area contributed by atoms with Crippen molar-refractivity contribution in [1.29, 1.82) is 0 Å². The van der Waals surface area contributed by atoms with E-state index in [1.54, 1.807) is 0 Å². The van der Waals surface area contributed by atoms with Gasteiger partial charge in [-0.15, -0.1) is 12.4 Å².